The van der Waals surface area contributed by atoms with Crippen LogP contribution in [0.2, 0.25) is 0 Å². The van der Waals surface area contributed by atoms with Crippen molar-refractivity contribution in [3.8, 4) is 0 Å². The average Bonchev–Trinajstić information content (AvgIpc) is 2.92. The van der Waals surface area contributed by atoms with Crippen LogP contribution >= 0.6 is 24.0 Å². The van der Waals surface area contributed by atoms with Crippen molar-refractivity contribution >= 4 is 29.9 Å². The van der Waals surface area contributed by atoms with Gasteiger partial charge in [-0.1, -0.05) is 25.9 Å². The quantitative estimate of drug-likeness (QED) is 0.315. The summed E-state index contributed by atoms with van der Waals surface area (Å²) in [5, 5.41) is 7.59. The fraction of sp³-hybridized carbons (Fsp3) is 0.778. The Balaban J connectivity index is 0.00000312. The van der Waals surface area contributed by atoms with Crippen LogP contribution in [0.1, 0.15) is 45.1 Å². The van der Waals surface area contributed by atoms with Gasteiger partial charge >= 0.3 is 0 Å². The molecule has 1 N–H and O–H groups in total. The summed E-state index contributed by atoms with van der Waals surface area (Å²) in [7, 11) is 1.87. The Bertz CT molecular complexity index is 530. The second-order valence-corrected chi connectivity index (χ2v) is 7.83. The molecule has 0 amide bonds. The summed E-state index contributed by atoms with van der Waals surface area (Å²) in [6.45, 7) is 14.7. The van der Waals surface area contributed by atoms with Crippen LogP contribution in [-0.2, 0) is 6.54 Å². The highest BCUT2D eigenvalue weighted by Crippen LogP contribution is 2.19. The fourth-order valence-corrected chi connectivity index (χ4v) is 2.99. The van der Waals surface area contributed by atoms with Gasteiger partial charge < -0.3 is 14.7 Å². The van der Waals surface area contributed by atoms with Crippen LogP contribution in [0.5, 0.6) is 0 Å². The Kier molecular flexibility index (Phi) is 9.20. The number of aryl methyl sites for hydroxylation is 1. The average molecular weight is 463 g/mol. The van der Waals surface area contributed by atoms with Gasteiger partial charge in [-0.25, -0.2) is 0 Å². The highest BCUT2D eigenvalue weighted by atomic mass is 127. The number of hydrogen-bond acceptors (Lipinski definition) is 4. The molecule has 25 heavy (non-hydrogen) atoms. The number of aliphatic imine (C=N–C) groups is 1. The summed E-state index contributed by atoms with van der Waals surface area (Å²) in [6.07, 6.45) is 2.40. The first-order valence-electron chi connectivity index (χ1n) is 8.97. The number of guanidine groups is 1. The maximum absolute atomic E-state index is 5.15. The normalized spacial score (nSPS) is 16.7. The minimum Gasteiger partial charge on any atom is -0.361 e. The first-order valence-corrected chi connectivity index (χ1v) is 8.97. The summed E-state index contributed by atoms with van der Waals surface area (Å²) in [6, 6.07) is 2.02. The van der Waals surface area contributed by atoms with Gasteiger partial charge in [0.2, 0.25) is 0 Å². The van der Waals surface area contributed by atoms with E-state index in [-0.39, 0.29) is 24.0 Å². The molecule has 1 aliphatic rings. The molecule has 1 aliphatic heterocycles. The van der Waals surface area contributed by atoms with Crippen molar-refractivity contribution in [1.82, 2.24) is 20.3 Å². The summed E-state index contributed by atoms with van der Waals surface area (Å²) in [5.41, 5.74) is 1.42. The number of aromatic nitrogens is 1. The third kappa shape index (κ3) is 7.94. The van der Waals surface area contributed by atoms with Crippen molar-refractivity contribution in [2.75, 3.05) is 39.8 Å². The Morgan fingerprint density at radius 2 is 1.96 bits per heavy atom. The lowest BCUT2D eigenvalue weighted by Crippen LogP contribution is -2.52. The second-order valence-electron chi connectivity index (χ2n) is 7.83. The minimum atomic E-state index is 0. The monoisotopic (exact) mass is 463 g/mol. The Hall–Kier alpha value is -0.830. The third-order valence-electron chi connectivity index (χ3n) is 4.33. The highest BCUT2D eigenvalue weighted by Gasteiger charge is 2.20. The van der Waals surface area contributed by atoms with Gasteiger partial charge in [-0.15, -0.1) is 24.0 Å². The molecule has 7 heteroatoms. The lowest BCUT2D eigenvalue weighted by molar-refractivity contribution is 0.169. The van der Waals surface area contributed by atoms with Crippen molar-refractivity contribution in [1.29, 1.82) is 0 Å². The number of halogens is 1. The smallest absolute Gasteiger partial charge is 0.193 e. The van der Waals surface area contributed by atoms with Crippen molar-refractivity contribution in [2.45, 2.75) is 47.1 Å². The van der Waals surface area contributed by atoms with Crippen molar-refractivity contribution in [3.63, 3.8) is 0 Å². The molecule has 0 spiro atoms. The zero-order valence-corrected chi connectivity index (χ0v) is 18.7. The predicted molar refractivity (Wildman–Crippen MR) is 114 cm³/mol. The molecule has 0 atom stereocenters. The molecule has 0 saturated carbocycles. The topological polar surface area (TPSA) is 56.9 Å². The SMILES string of the molecule is CN=C(NCCCC(C)(C)C)N1CCN(Cc2cc(C)on2)CC1.I. The minimum absolute atomic E-state index is 0. The first-order chi connectivity index (χ1) is 11.4. The molecule has 0 bridgehead atoms. The van der Waals surface area contributed by atoms with Gasteiger partial charge in [-0.3, -0.25) is 9.89 Å². The number of nitrogens with zero attached hydrogens (tertiary/aromatic N) is 4. The van der Waals surface area contributed by atoms with Crippen LogP contribution in [0.15, 0.2) is 15.6 Å². The molecule has 1 saturated heterocycles. The van der Waals surface area contributed by atoms with Crippen molar-refractivity contribution in [2.24, 2.45) is 10.4 Å². The lowest BCUT2D eigenvalue weighted by Gasteiger charge is -2.36. The standard InChI is InChI=1S/C18H33N5O.HI/c1-15-13-16(21-24-15)14-22-9-11-23(12-10-22)17(19-5)20-8-6-7-18(2,3)4;/h13H,6-12,14H2,1-5H3,(H,19,20);1H. The molecule has 2 heterocycles. The maximum atomic E-state index is 5.15. The molecule has 0 aromatic carbocycles. The number of piperazine rings is 1. The van der Waals surface area contributed by atoms with Gasteiger partial charge in [-0.05, 0) is 25.2 Å². The summed E-state index contributed by atoms with van der Waals surface area (Å²) < 4.78 is 5.15. The second kappa shape index (κ2) is 10.4. The van der Waals surface area contributed by atoms with Crippen LogP contribution in [-0.4, -0.2) is 60.7 Å². The van der Waals surface area contributed by atoms with Crippen molar-refractivity contribution < 1.29 is 4.52 Å². The van der Waals surface area contributed by atoms with Gasteiger partial charge in [0.15, 0.2) is 5.96 Å². The van der Waals surface area contributed by atoms with Gasteiger partial charge in [0.05, 0.1) is 5.69 Å². The predicted octanol–water partition coefficient (Wildman–Crippen LogP) is 3.12. The molecular weight excluding hydrogens is 429 g/mol. The molecule has 1 aromatic heterocycles. The van der Waals surface area contributed by atoms with E-state index in [2.05, 4.69) is 46.0 Å². The van der Waals surface area contributed by atoms with E-state index in [0.29, 0.717) is 5.41 Å². The van der Waals surface area contributed by atoms with E-state index in [0.717, 1.165) is 56.7 Å². The van der Waals surface area contributed by atoms with E-state index < -0.39 is 0 Å². The Morgan fingerprint density at radius 3 is 2.48 bits per heavy atom. The van der Waals surface area contributed by atoms with Crippen LogP contribution < -0.4 is 5.32 Å². The van der Waals surface area contributed by atoms with Gasteiger partial charge in [-0.2, -0.15) is 0 Å². The fourth-order valence-electron chi connectivity index (χ4n) is 2.99. The molecule has 6 nitrogen and oxygen atoms in total. The largest absolute Gasteiger partial charge is 0.361 e. The van der Waals surface area contributed by atoms with Crippen LogP contribution in [0.3, 0.4) is 0 Å². The van der Waals surface area contributed by atoms with E-state index >= 15 is 0 Å². The van der Waals surface area contributed by atoms with Crippen LogP contribution in [0, 0.1) is 12.3 Å². The Labute approximate surface area is 169 Å². The zero-order valence-electron chi connectivity index (χ0n) is 16.3. The number of nitrogens with one attached hydrogen (secondary N) is 1. The molecule has 1 aromatic rings. The van der Waals surface area contributed by atoms with Gasteiger partial charge in [0, 0.05) is 52.4 Å². The molecule has 0 radical (unpaired) electrons. The van der Waals surface area contributed by atoms with E-state index in [1.807, 2.05) is 20.0 Å². The lowest BCUT2D eigenvalue weighted by atomic mass is 9.91. The first kappa shape index (κ1) is 22.2. The summed E-state index contributed by atoms with van der Waals surface area (Å²) >= 11 is 0. The highest BCUT2D eigenvalue weighted by molar-refractivity contribution is 14.0. The molecule has 144 valence electrons. The molecule has 0 unspecified atom stereocenters. The summed E-state index contributed by atoms with van der Waals surface area (Å²) in [4.78, 5) is 9.21. The van der Waals surface area contributed by atoms with E-state index in [1.54, 1.807) is 0 Å². The molecule has 0 aliphatic carbocycles. The van der Waals surface area contributed by atoms with Crippen LogP contribution in [0.25, 0.3) is 0 Å². The molecule has 2 rings (SSSR count). The number of rotatable bonds is 5. The van der Waals surface area contributed by atoms with Crippen molar-refractivity contribution in [3.05, 3.63) is 17.5 Å². The molecule has 1 fully saturated rings. The van der Waals surface area contributed by atoms with Gasteiger partial charge in [0.1, 0.15) is 5.76 Å². The van der Waals surface area contributed by atoms with E-state index in [4.69, 9.17) is 4.52 Å². The van der Waals surface area contributed by atoms with E-state index in [9.17, 15) is 0 Å². The summed E-state index contributed by atoms with van der Waals surface area (Å²) in [5.74, 6) is 1.91. The van der Waals surface area contributed by atoms with E-state index in [1.165, 1.54) is 12.8 Å². The van der Waals surface area contributed by atoms with Crippen LogP contribution in [0.4, 0.5) is 0 Å². The van der Waals surface area contributed by atoms with Gasteiger partial charge in [0.25, 0.3) is 0 Å². The number of hydrogen-bond donors (Lipinski definition) is 1. The third-order valence-corrected chi connectivity index (χ3v) is 4.33. The maximum Gasteiger partial charge on any atom is 0.193 e. The zero-order chi connectivity index (χ0) is 17.6. The Morgan fingerprint density at radius 1 is 1.28 bits per heavy atom. The molecular formula is C18H34IN5O.